The summed E-state index contributed by atoms with van der Waals surface area (Å²) in [7, 11) is 0. The predicted octanol–water partition coefficient (Wildman–Crippen LogP) is 4.92. The SMILES string of the molecule is CCCCCCC(CCCCC)OCOCC. The van der Waals surface area contributed by atoms with E-state index in [0.29, 0.717) is 12.9 Å². The molecular formula is C15H32O2. The molecule has 0 aliphatic rings. The zero-order valence-corrected chi connectivity index (χ0v) is 12.2. The molecular weight excluding hydrogens is 212 g/mol. The Morgan fingerprint density at radius 3 is 1.94 bits per heavy atom. The summed E-state index contributed by atoms with van der Waals surface area (Å²) in [5, 5.41) is 0. The van der Waals surface area contributed by atoms with Gasteiger partial charge in [0.1, 0.15) is 6.79 Å². The van der Waals surface area contributed by atoms with Crippen LogP contribution in [0.2, 0.25) is 0 Å². The second kappa shape index (κ2) is 14.0. The van der Waals surface area contributed by atoms with E-state index >= 15 is 0 Å². The first kappa shape index (κ1) is 16.9. The molecule has 0 spiro atoms. The van der Waals surface area contributed by atoms with E-state index in [1.54, 1.807) is 0 Å². The van der Waals surface area contributed by atoms with E-state index in [1.165, 1.54) is 57.8 Å². The maximum atomic E-state index is 5.79. The average Bonchev–Trinajstić information content (AvgIpc) is 2.34. The Balaban J connectivity index is 3.60. The highest BCUT2D eigenvalue weighted by atomic mass is 16.7. The van der Waals surface area contributed by atoms with Gasteiger partial charge in [-0.05, 0) is 19.8 Å². The summed E-state index contributed by atoms with van der Waals surface area (Å²) in [6.07, 6.45) is 12.0. The summed E-state index contributed by atoms with van der Waals surface area (Å²) in [6.45, 7) is 7.73. The third kappa shape index (κ3) is 12.2. The van der Waals surface area contributed by atoms with E-state index in [1.807, 2.05) is 6.92 Å². The molecule has 2 nitrogen and oxygen atoms in total. The first-order valence-corrected chi connectivity index (χ1v) is 7.54. The number of hydrogen-bond donors (Lipinski definition) is 0. The molecule has 0 rings (SSSR count). The van der Waals surface area contributed by atoms with Gasteiger partial charge in [-0.25, -0.2) is 0 Å². The van der Waals surface area contributed by atoms with Crippen LogP contribution >= 0.6 is 0 Å². The molecule has 0 saturated carbocycles. The van der Waals surface area contributed by atoms with Crippen LogP contribution in [0.3, 0.4) is 0 Å². The molecule has 0 aromatic rings. The summed E-state index contributed by atoms with van der Waals surface area (Å²) in [4.78, 5) is 0. The lowest BCUT2D eigenvalue weighted by atomic mass is 10.0. The van der Waals surface area contributed by atoms with Crippen molar-refractivity contribution in [1.82, 2.24) is 0 Å². The van der Waals surface area contributed by atoms with Crippen LogP contribution in [0.5, 0.6) is 0 Å². The fraction of sp³-hybridized carbons (Fsp3) is 1.00. The third-order valence-electron chi connectivity index (χ3n) is 3.10. The van der Waals surface area contributed by atoms with Crippen molar-refractivity contribution in [3.63, 3.8) is 0 Å². The quantitative estimate of drug-likeness (QED) is 0.338. The van der Waals surface area contributed by atoms with E-state index in [4.69, 9.17) is 9.47 Å². The van der Waals surface area contributed by atoms with Crippen LogP contribution in [0.1, 0.15) is 78.6 Å². The summed E-state index contributed by atoms with van der Waals surface area (Å²) >= 11 is 0. The summed E-state index contributed by atoms with van der Waals surface area (Å²) in [5.74, 6) is 0. The van der Waals surface area contributed by atoms with E-state index in [9.17, 15) is 0 Å². The Bertz CT molecular complexity index is 127. The first-order chi connectivity index (χ1) is 8.35. The maximum Gasteiger partial charge on any atom is 0.147 e. The van der Waals surface area contributed by atoms with Crippen molar-refractivity contribution in [1.29, 1.82) is 0 Å². The third-order valence-corrected chi connectivity index (χ3v) is 3.10. The molecule has 0 saturated heterocycles. The van der Waals surface area contributed by atoms with E-state index in [-0.39, 0.29) is 0 Å². The minimum atomic E-state index is 0.421. The van der Waals surface area contributed by atoms with Gasteiger partial charge in [0, 0.05) is 6.61 Å². The Morgan fingerprint density at radius 1 is 0.765 bits per heavy atom. The second-order valence-electron chi connectivity index (χ2n) is 4.74. The van der Waals surface area contributed by atoms with E-state index < -0.39 is 0 Å². The van der Waals surface area contributed by atoms with Crippen LogP contribution < -0.4 is 0 Å². The van der Waals surface area contributed by atoms with Gasteiger partial charge < -0.3 is 9.47 Å². The minimum absolute atomic E-state index is 0.421. The smallest absolute Gasteiger partial charge is 0.147 e. The summed E-state index contributed by atoms with van der Waals surface area (Å²) in [5.41, 5.74) is 0. The predicted molar refractivity (Wildman–Crippen MR) is 74.3 cm³/mol. The molecule has 0 amide bonds. The van der Waals surface area contributed by atoms with Gasteiger partial charge in [-0.2, -0.15) is 0 Å². The molecule has 0 bridgehead atoms. The molecule has 1 atom stereocenters. The molecule has 1 unspecified atom stereocenters. The van der Waals surface area contributed by atoms with Gasteiger partial charge in [-0.3, -0.25) is 0 Å². The largest absolute Gasteiger partial charge is 0.356 e. The van der Waals surface area contributed by atoms with Crippen LogP contribution in [0.25, 0.3) is 0 Å². The molecule has 0 N–H and O–H groups in total. The standard InChI is InChI=1S/C15H32O2/c1-4-7-9-11-13-15(12-10-8-5-2)17-14-16-6-3/h15H,4-14H2,1-3H3. The number of unbranched alkanes of at least 4 members (excludes halogenated alkanes) is 5. The second-order valence-corrected chi connectivity index (χ2v) is 4.74. The molecule has 0 radical (unpaired) electrons. The van der Waals surface area contributed by atoms with Crippen molar-refractivity contribution in [3.8, 4) is 0 Å². The van der Waals surface area contributed by atoms with Crippen LogP contribution in [0.15, 0.2) is 0 Å². The van der Waals surface area contributed by atoms with Gasteiger partial charge in [0.25, 0.3) is 0 Å². The van der Waals surface area contributed by atoms with Crippen molar-refractivity contribution >= 4 is 0 Å². The Hall–Kier alpha value is -0.0800. The lowest BCUT2D eigenvalue weighted by Gasteiger charge is -2.17. The maximum absolute atomic E-state index is 5.79. The zero-order valence-electron chi connectivity index (χ0n) is 12.2. The van der Waals surface area contributed by atoms with Gasteiger partial charge in [-0.1, -0.05) is 58.8 Å². The summed E-state index contributed by atoms with van der Waals surface area (Å²) in [6, 6.07) is 0. The monoisotopic (exact) mass is 244 g/mol. The molecule has 2 heteroatoms. The van der Waals surface area contributed by atoms with Crippen molar-refractivity contribution < 1.29 is 9.47 Å². The molecule has 0 aliphatic carbocycles. The molecule has 0 heterocycles. The number of ether oxygens (including phenoxy) is 2. The van der Waals surface area contributed by atoms with Crippen molar-refractivity contribution in [2.24, 2.45) is 0 Å². The Labute approximate surface area is 108 Å². The van der Waals surface area contributed by atoms with Gasteiger partial charge >= 0.3 is 0 Å². The lowest BCUT2D eigenvalue weighted by molar-refractivity contribution is -0.0913. The highest BCUT2D eigenvalue weighted by Gasteiger charge is 2.08. The zero-order chi connectivity index (χ0) is 12.8. The number of hydrogen-bond acceptors (Lipinski definition) is 2. The van der Waals surface area contributed by atoms with Crippen molar-refractivity contribution in [2.45, 2.75) is 84.7 Å². The fourth-order valence-electron chi connectivity index (χ4n) is 1.96. The van der Waals surface area contributed by atoms with Gasteiger partial charge in [-0.15, -0.1) is 0 Å². The first-order valence-electron chi connectivity index (χ1n) is 7.54. The van der Waals surface area contributed by atoms with Gasteiger partial charge in [0.15, 0.2) is 0 Å². The highest BCUT2D eigenvalue weighted by Crippen LogP contribution is 2.14. The summed E-state index contributed by atoms with van der Waals surface area (Å²) < 4.78 is 11.1. The average molecular weight is 244 g/mol. The van der Waals surface area contributed by atoms with Gasteiger partial charge in [0.2, 0.25) is 0 Å². The highest BCUT2D eigenvalue weighted by molar-refractivity contribution is 4.58. The van der Waals surface area contributed by atoms with E-state index in [2.05, 4.69) is 13.8 Å². The Kier molecular flexibility index (Phi) is 13.9. The van der Waals surface area contributed by atoms with Crippen LogP contribution in [-0.2, 0) is 9.47 Å². The molecule has 0 aromatic carbocycles. The molecule has 104 valence electrons. The van der Waals surface area contributed by atoms with Crippen LogP contribution in [-0.4, -0.2) is 19.5 Å². The topological polar surface area (TPSA) is 18.5 Å². The van der Waals surface area contributed by atoms with Crippen LogP contribution in [0, 0.1) is 0 Å². The molecule has 0 fully saturated rings. The van der Waals surface area contributed by atoms with Crippen LogP contribution in [0.4, 0.5) is 0 Å². The molecule has 0 aliphatic heterocycles. The normalized spacial score (nSPS) is 12.9. The minimum Gasteiger partial charge on any atom is -0.356 e. The van der Waals surface area contributed by atoms with Gasteiger partial charge in [0.05, 0.1) is 6.10 Å². The van der Waals surface area contributed by atoms with E-state index in [0.717, 1.165) is 6.61 Å². The number of rotatable bonds is 13. The fourth-order valence-corrected chi connectivity index (χ4v) is 1.96. The molecule has 17 heavy (non-hydrogen) atoms. The Morgan fingerprint density at radius 2 is 1.35 bits per heavy atom. The van der Waals surface area contributed by atoms with Crippen molar-refractivity contribution in [3.05, 3.63) is 0 Å². The molecule has 0 aromatic heterocycles. The lowest BCUT2D eigenvalue weighted by Crippen LogP contribution is -2.15. The van der Waals surface area contributed by atoms with Crippen molar-refractivity contribution in [2.75, 3.05) is 13.4 Å².